The van der Waals surface area contributed by atoms with Gasteiger partial charge in [0.2, 0.25) is 0 Å². The van der Waals surface area contributed by atoms with Crippen LogP contribution >= 0.6 is 0 Å². The van der Waals surface area contributed by atoms with Crippen molar-refractivity contribution in [2.45, 2.75) is 27.2 Å². The Hall–Kier alpha value is -1.37. The largest absolute Gasteiger partial charge is 0.298 e. The van der Waals surface area contributed by atoms with Gasteiger partial charge < -0.3 is 0 Å². The Morgan fingerprint density at radius 2 is 2.07 bits per heavy atom. The molecule has 0 atom stereocenters. The van der Waals surface area contributed by atoms with Crippen molar-refractivity contribution in [1.82, 2.24) is 0 Å². The Bertz CT molecular complexity index is 361. The Morgan fingerprint density at radius 1 is 1.36 bits per heavy atom. The van der Waals surface area contributed by atoms with Crippen molar-refractivity contribution in [3.8, 4) is 0 Å². The molecular formula is C13H16O. The van der Waals surface area contributed by atoms with Crippen LogP contribution in [0.5, 0.6) is 0 Å². The molecule has 0 aromatic heterocycles. The van der Waals surface area contributed by atoms with Gasteiger partial charge in [0.25, 0.3) is 0 Å². The van der Waals surface area contributed by atoms with Gasteiger partial charge in [-0.05, 0) is 48.6 Å². The van der Waals surface area contributed by atoms with Crippen molar-refractivity contribution in [3.63, 3.8) is 0 Å². The molecule has 0 aliphatic rings. The second kappa shape index (κ2) is 4.75. The molecule has 0 N–H and O–H groups in total. The van der Waals surface area contributed by atoms with Gasteiger partial charge in [-0.3, -0.25) is 4.79 Å². The summed E-state index contributed by atoms with van der Waals surface area (Å²) in [5.74, 6) is 0. The molecule has 0 amide bonds. The van der Waals surface area contributed by atoms with E-state index in [9.17, 15) is 4.79 Å². The standard InChI is InChI=1S/C13H16O/c1-4-12(9-14)8-13-7-5-6-10(2)11(13)3/h5-9H,4H2,1-3H3/b12-8-. The number of carbonyl (C=O) groups excluding carboxylic acids is 1. The van der Waals surface area contributed by atoms with Crippen LogP contribution in [-0.4, -0.2) is 6.29 Å². The van der Waals surface area contributed by atoms with Gasteiger partial charge in [0.15, 0.2) is 0 Å². The molecule has 0 bridgehead atoms. The Morgan fingerprint density at radius 3 is 2.64 bits per heavy atom. The monoisotopic (exact) mass is 188 g/mol. The summed E-state index contributed by atoms with van der Waals surface area (Å²) in [5, 5.41) is 0. The van der Waals surface area contributed by atoms with Crippen LogP contribution in [0, 0.1) is 13.8 Å². The highest BCUT2D eigenvalue weighted by Crippen LogP contribution is 2.16. The van der Waals surface area contributed by atoms with Gasteiger partial charge in [-0.1, -0.05) is 25.1 Å². The van der Waals surface area contributed by atoms with E-state index in [0.717, 1.165) is 23.8 Å². The van der Waals surface area contributed by atoms with E-state index in [1.54, 1.807) is 0 Å². The maximum atomic E-state index is 10.7. The lowest BCUT2D eigenvalue weighted by Crippen LogP contribution is -1.88. The van der Waals surface area contributed by atoms with E-state index in [0.29, 0.717) is 0 Å². The molecule has 0 radical (unpaired) electrons. The van der Waals surface area contributed by atoms with E-state index in [1.165, 1.54) is 11.1 Å². The number of aldehydes is 1. The zero-order valence-corrected chi connectivity index (χ0v) is 9.00. The van der Waals surface area contributed by atoms with Crippen LogP contribution in [-0.2, 0) is 4.79 Å². The second-order valence-corrected chi connectivity index (χ2v) is 3.48. The minimum absolute atomic E-state index is 0.789. The summed E-state index contributed by atoms with van der Waals surface area (Å²) in [4.78, 5) is 10.7. The smallest absolute Gasteiger partial charge is 0.146 e. The number of hydrogen-bond donors (Lipinski definition) is 0. The fourth-order valence-corrected chi connectivity index (χ4v) is 1.35. The topological polar surface area (TPSA) is 17.1 Å². The van der Waals surface area contributed by atoms with Crippen LogP contribution in [0.3, 0.4) is 0 Å². The Balaban J connectivity index is 3.13. The maximum absolute atomic E-state index is 10.7. The molecule has 0 saturated carbocycles. The molecule has 0 heterocycles. The molecule has 0 aliphatic heterocycles. The summed E-state index contributed by atoms with van der Waals surface area (Å²) in [6.07, 6.45) is 3.69. The summed E-state index contributed by atoms with van der Waals surface area (Å²) in [7, 11) is 0. The molecule has 0 aliphatic carbocycles. The van der Waals surface area contributed by atoms with Crippen LogP contribution in [0.15, 0.2) is 23.8 Å². The summed E-state index contributed by atoms with van der Waals surface area (Å²) in [6.45, 7) is 6.16. The Labute approximate surface area is 85.5 Å². The highest BCUT2D eigenvalue weighted by Gasteiger charge is 1.98. The van der Waals surface area contributed by atoms with E-state index in [1.807, 2.05) is 25.1 Å². The van der Waals surface area contributed by atoms with Crippen molar-refractivity contribution in [3.05, 3.63) is 40.5 Å². The number of benzene rings is 1. The lowest BCUT2D eigenvalue weighted by Gasteiger charge is -2.04. The molecule has 14 heavy (non-hydrogen) atoms. The highest BCUT2D eigenvalue weighted by molar-refractivity contribution is 5.82. The molecule has 1 aromatic carbocycles. The highest BCUT2D eigenvalue weighted by atomic mass is 16.1. The van der Waals surface area contributed by atoms with Crippen LogP contribution in [0.2, 0.25) is 0 Å². The molecule has 1 nitrogen and oxygen atoms in total. The maximum Gasteiger partial charge on any atom is 0.146 e. The van der Waals surface area contributed by atoms with Gasteiger partial charge in [-0.2, -0.15) is 0 Å². The number of aryl methyl sites for hydroxylation is 1. The van der Waals surface area contributed by atoms with Gasteiger partial charge in [-0.25, -0.2) is 0 Å². The van der Waals surface area contributed by atoms with E-state index >= 15 is 0 Å². The van der Waals surface area contributed by atoms with E-state index in [-0.39, 0.29) is 0 Å². The predicted molar refractivity (Wildman–Crippen MR) is 60.2 cm³/mol. The SMILES string of the molecule is CC/C(C=O)=C/c1cccc(C)c1C. The van der Waals surface area contributed by atoms with Crippen molar-refractivity contribution < 1.29 is 4.79 Å². The first-order valence-corrected chi connectivity index (χ1v) is 4.91. The fraction of sp³-hybridized carbons (Fsp3) is 0.308. The van der Waals surface area contributed by atoms with Gasteiger partial charge in [0.05, 0.1) is 0 Å². The van der Waals surface area contributed by atoms with Crippen molar-refractivity contribution in [2.24, 2.45) is 0 Å². The molecule has 0 saturated heterocycles. The quantitative estimate of drug-likeness (QED) is 0.525. The lowest BCUT2D eigenvalue weighted by atomic mass is 10.0. The first kappa shape index (κ1) is 10.7. The molecular weight excluding hydrogens is 172 g/mol. The van der Waals surface area contributed by atoms with Gasteiger partial charge in [0, 0.05) is 0 Å². The second-order valence-electron chi connectivity index (χ2n) is 3.48. The average Bonchev–Trinajstić information content (AvgIpc) is 2.20. The van der Waals surface area contributed by atoms with Crippen LogP contribution in [0.1, 0.15) is 30.0 Å². The van der Waals surface area contributed by atoms with Gasteiger partial charge >= 0.3 is 0 Å². The molecule has 1 rings (SSSR count). The zero-order chi connectivity index (χ0) is 10.6. The molecule has 0 fully saturated rings. The molecule has 74 valence electrons. The summed E-state index contributed by atoms with van der Waals surface area (Å²) >= 11 is 0. The number of carbonyl (C=O) groups is 1. The molecule has 1 aromatic rings. The third-order valence-electron chi connectivity index (χ3n) is 2.55. The Kier molecular flexibility index (Phi) is 3.63. The third kappa shape index (κ3) is 2.32. The average molecular weight is 188 g/mol. The first-order chi connectivity index (χ1) is 6.69. The van der Waals surface area contributed by atoms with Crippen molar-refractivity contribution in [2.75, 3.05) is 0 Å². The molecule has 1 heteroatoms. The zero-order valence-electron chi connectivity index (χ0n) is 9.00. The fourth-order valence-electron chi connectivity index (χ4n) is 1.35. The minimum Gasteiger partial charge on any atom is -0.298 e. The van der Waals surface area contributed by atoms with Gasteiger partial charge in [0.1, 0.15) is 6.29 Å². The van der Waals surface area contributed by atoms with Gasteiger partial charge in [-0.15, -0.1) is 0 Å². The van der Waals surface area contributed by atoms with E-state index in [2.05, 4.69) is 19.9 Å². The summed E-state index contributed by atoms with van der Waals surface area (Å²) in [5.41, 5.74) is 4.51. The van der Waals surface area contributed by atoms with Crippen LogP contribution < -0.4 is 0 Å². The van der Waals surface area contributed by atoms with E-state index < -0.39 is 0 Å². The number of rotatable bonds is 3. The number of allylic oxidation sites excluding steroid dienone is 1. The summed E-state index contributed by atoms with van der Waals surface area (Å²) < 4.78 is 0. The predicted octanol–water partition coefficient (Wildman–Crippen LogP) is 3.30. The molecule has 0 unspecified atom stereocenters. The lowest BCUT2D eigenvalue weighted by molar-refractivity contribution is -0.104. The molecule has 0 spiro atoms. The van der Waals surface area contributed by atoms with E-state index in [4.69, 9.17) is 0 Å². The van der Waals surface area contributed by atoms with Crippen molar-refractivity contribution >= 4 is 12.4 Å². The normalized spacial score (nSPS) is 11.5. The van der Waals surface area contributed by atoms with Crippen molar-refractivity contribution in [1.29, 1.82) is 0 Å². The minimum atomic E-state index is 0.789. The number of hydrogen-bond acceptors (Lipinski definition) is 1. The first-order valence-electron chi connectivity index (χ1n) is 4.91. The van der Waals surface area contributed by atoms with Crippen LogP contribution in [0.25, 0.3) is 6.08 Å². The van der Waals surface area contributed by atoms with Crippen LogP contribution in [0.4, 0.5) is 0 Å². The summed E-state index contributed by atoms with van der Waals surface area (Å²) in [6, 6.07) is 6.15. The third-order valence-corrected chi connectivity index (χ3v) is 2.55.